The van der Waals surface area contributed by atoms with Gasteiger partial charge in [-0.25, -0.2) is 4.68 Å². The number of nitro benzene ring substituents is 1. The summed E-state index contributed by atoms with van der Waals surface area (Å²) in [5.41, 5.74) is -0.179. The molecular weight excluding hydrogens is 312 g/mol. The van der Waals surface area contributed by atoms with Gasteiger partial charge in [-0.2, -0.15) is 5.10 Å². The predicted octanol–water partition coefficient (Wildman–Crippen LogP) is 3.17. The van der Waals surface area contributed by atoms with Crippen molar-refractivity contribution in [3.63, 3.8) is 0 Å². The van der Waals surface area contributed by atoms with Crippen LogP contribution in [0.5, 0.6) is 5.75 Å². The lowest BCUT2D eigenvalue weighted by atomic mass is 10.2. The van der Waals surface area contributed by atoms with Gasteiger partial charge in [0.15, 0.2) is 11.9 Å². The molecule has 2 aromatic rings. The van der Waals surface area contributed by atoms with E-state index in [0.717, 1.165) is 6.42 Å². The van der Waals surface area contributed by atoms with E-state index in [2.05, 4.69) is 10.4 Å². The first-order valence-corrected chi connectivity index (χ1v) is 7.68. The smallest absolute Gasteiger partial charge is 0.310 e. The third-order valence-electron chi connectivity index (χ3n) is 3.66. The molecule has 0 saturated carbocycles. The summed E-state index contributed by atoms with van der Waals surface area (Å²) in [5.74, 6) is 0.214. The summed E-state index contributed by atoms with van der Waals surface area (Å²) >= 11 is 0. The second kappa shape index (κ2) is 7.58. The molecule has 2 atom stereocenters. The largest absolute Gasteiger partial charge is 0.474 e. The number of hydrogen-bond acceptors (Lipinski definition) is 5. The van der Waals surface area contributed by atoms with Crippen LogP contribution in [0, 0.1) is 10.1 Å². The fourth-order valence-electron chi connectivity index (χ4n) is 2.12. The van der Waals surface area contributed by atoms with Crippen molar-refractivity contribution in [2.45, 2.75) is 39.3 Å². The predicted molar refractivity (Wildman–Crippen MR) is 89.0 cm³/mol. The molecule has 1 aromatic carbocycles. The minimum Gasteiger partial charge on any atom is -0.474 e. The maximum absolute atomic E-state index is 12.3. The number of carbonyl (C=O) groups excluding carboxylic acids is 1. The average Bonchev–Trinajstić information content (AvgIpc) is 3.02. The number of hydrogen-bond donors (Lipinski definition) is 1. The van der Waals surface area contributed by atoms with Crippen LogP contribution in [-0.4, -0.2) is 26.7 Å². The number of para-hydroxylation sites is 2. The van der Waals surface area contributed by atoms with Crippen LogP contribution in [0.25, 0.3) is 0 Å². The van der Waals surface area contributed by atoms with Gasteiger partial charge in [-0.3, -0.25) is 14.9 Å². The third-order valence-corrected chi connectivity index (χ3v) is 3.66. The van der Waals surface area contributed by atoms with Crippen LogP contribution in [0.2, 0.25) is 0 Å². The number of carbonyl (C=O) groups is 1. The number of aromatic nitrogens is 2. The van der Waals surface area contributed by atoms with Crippen molar-refractivity contribution in [1.29, 1.82) is 0 Å². The van der Waals surface area contributed by atoms with Gasteiger partial charge in [0.25, 0.3) is 5.91 Å². The lowest BCUT2D eigenvalue weighted by Crippen LogP contribution is -2.31. The Morgan fingerprint density at radius 3 is 2.75 bits per heavy atom. The van der Waals surface area contributed by atoms with E-state index in [1.165, 1.54) is 19.1 Å². The Hall–Kier alpha value is -2.90. The number of amides is 1. The Kier molecular flexibility index (Phi) is 5.51. The van der Waals surface area contributed by atoms with Gasteiger partial charge in [0.2, 0.25) is 0 Å². The second-order valence-corrected chi connectivity index (χ2v) is 5.39. The summed E-state index contributed by atoms with van der Waals surface area (Å²) in [4.78, 5) is 22.8. The lowest BCUT2D eigenvalue weighted by Gasteiger charge is -2.17. The maximum Gasteiger partial charge on any atom is 0.310 e. The normalized spacial score (nSPS) is 13.1. The quantitative estimate of drug-likeness (QED) is 0.620. The molecule has 0 fully saturated rings. The van der Waals surface area contributed by atoms with Crippen LogP contribution >= 0.6 is 0 Å². The van der Waals surface area contributed by atoms with Crippen molar-refractivity contribution in [3.8, 4) is 5.75 Å². The molecule has 1 heterocycles. The van der Waals surface area contributed by atoms with Crippen LogP contribution < -0.4 is 10.1 Å². The fourth-order valence-corrected chi connectivity index (χ4v) is 2.12. The first-order chi connectivity index (χ1) is 11.4. The number of rotatable bonds is 7. The molecule has 0 spiro atoms. The molecule has 2 rings (SSSR count). The number of ether oxygens (including phenoxy) is 1. The summed E-state index contributed by atoms with van der Waals surface area (Å²) in [5, 5.41) is 17.9. The Morgan fingerprint density at radius 1 is 1.38 bits per heavy atom. The van der Waals surface area contributed by atoms with Crippen LogP contribution in [0.4, 0.5) is 11.5 Å². The zero-order valence-corrected chi connectivity index (χ0v) is 13.8. The minimum absolute atomic E-state index is 0.0561. The Morgan fingerprint density at radius 2 is 2.08 bits per heavy atom. The molecule has 1 aromatic heterocycles. The van der Waals surface area contributed by atoms with Crippen molar-refractivity contribution in [2.24, 2.45) is 0 Å². The molecule has 0 saturated heterocycles. The summed E-state index contributed by atoms with van der Waals surface area (Å²) in [6.45, 7) is 5.56. The molecule has 0 unspecified atom stereocenters. The summed E-state index contributed by atoms with van der Waals surface area (Å²) < 4.78 is 7.18. The molecule has 0 radical (unpaired) electrons. The standard InChI is InChI=1S/C16H20N4O4/c1-4-11(2)19-15(9-10-17-19)18-16(21)12(3)24-14-8-6-5-7-13(14)20(22)23/h5-12H,4H2,1-3H3,(H,18,21)/t11-,12+/m0/s1. The van der Waals surface area contributed by atoms with Crippen molar-refractivity contribution in [1.82, 2.24) is 9.78 Å². The van der Waals surface area contributed by atoms with Gasteiger partial charge in [0.05, 0.1) is 17.2 Å². The summed E-state index contributed by atoms with van der Waals surface area (Å²) in [6, 6.07) is 7.79. The highest BCUT2D eigenvalue weighted by atomic mass is 16.6. The Labute approximate surface area is 139 Å². The van der Waals surface area contributed by atoms with E-state index in [1.807, 2.05) is 13.8 Å². The van der Waals surface area contributed by atoms with Crippen molar-refractivity contribution in [2.75, 3.05) is 5.32 Å². The molecule has 0 aliphatic carbocycles. The first kappa shape index (κ1) is 17.5. The molecule has 0 aliphatic heterocycles. The van der Waals surface area contributed by atoms with E-state index in [1.54, 1.807) is 29.1 Å². The highest BCUT2D eigenvalue weighted by Crippen LogP contribution is 2.27. The van der Waals surface area contributed by atoms with Gasteiger partial charge in [0, 0.05) is 12.1 Å². The van der Waals surface area contributed by atoms with Gasteiger partial charge in [-0.15, -0.1) is 0 Å². The average molecular weight is 332 g/mol. The van der Waals surface area contributed by atoms with Gasteiger partial charge in [-0.1, -0.05) is 19.1 Å². The van der Waals surface area contributed by atoms with Gasteiger partial charge in [-0.05, 0) is 26.3 Å². The van der Waals surface area contributed by atoms with Crippen LogP contribution in [0.15, 0.2) is 36.5 Å². The van der Waals surface area contributed by atoms with Crippen LogP contribution in [0.1, 0.15) is 33.2 Å². The van der Waals surface area contributed by atoms with E-state index in [9.17, 15) is 14.9 Å². The van der Waals surface area contributed by atoms with Crippen molar-refractivity contribution >= 4 is 17.4 Å². The molecule has 0 bridgehead atoms. The number of nitrogens with one attached hydrogen (secondary N) is 1. The van der Waals surface area contributed by atoms with Crippen LogP contribution in [0.3, 0.4) is 0 Å². The molecular formula is C16H20N4O4. The molecule has 8 heteroatoms. The molecule has 128 valence electrons. The van der Waals surface area contributed by atoms with E-state index in [0.29, 0.717) is 5.82 Å². The first-order valence-electron chi connectivity index (χ1n) is 7.68. The summed E-state index contributed by atoms with van der Waals surface area (Å²) in [6.07, 6.45) is 1.58. The fraction of sp³-hybridized carbons (Fsp3) is 0.375. The number of nitrogens with zero attached hydrogens (tertiary/aromatic N) is 3. The SMILES string of the molecule is CC[C@H](C)n1nccc1NC(=O)[C@@H](C)Oc1ccccc1[N+](=O)[O-]. The highest BCUT2D eigenvalue weighted by Gasteiger charge is 2.22. The van der Waals surface area contributed by atoms with E-state index < -0.39 is 16.9 Å². The van der Waals surface area contributed by atoms with Crippen molar-refractivity contribution < 1.29 is 14.5 Å². The van der Waals surface area contributed by atoms with Gasteiger partial charge < -0.3 is 10.1 Å². The molecule has 8 nitrogen and oxygen atoms in total. The van der Waals surface area contributed by atoms with Crippen LogP contribution in [-0.2, 0) is 4.79 Å². The van der Waals surface area contributed by atoms with Gasteiger partial charge >= 0.3 is 5.69 Å². The van der Waals surface area contributed by atoms with Gasteiger partial charge in [0.1, 0.15) is 5.82 Å². The molecule has 1 amide bonds. The minimum atomic E-state index is -0.897. The maximum atomic E-state index is 12.3. The molecule has 0 aliphatic rings. The summed E-state index contributed by atoms with van der Waals surface area (Å²) in [7, 11) is 0. The highest BCUT2D eigenvalue weighted by molar-refractivity contribution is 5.93. The zero-order valence-electron chi connectivity index (χ0n) is 13.8. The van der Waals surface area contributed by atoms with E-state index in [4.69, 9.17) is 4.74 Å². The topological polar surface area (TPSA) is 99.3 Å². The molecule has 1 N–H and O–H groups in total. The number of anilines is 1. The third kappa shape index (κ3) is 3.89. The van der Waals surface area contributed by atoms with E-state index >= 15 is 0 Å². The molecule has 24 heavy (non-hydrogen) atoms. The Balaban J connectivity index is 2.09. The van der Waals surface area contributed by atoms with E-state index in [-0.39, 0.29) is 17.5 Å². The number of benzene rings is 1. The van der Waals surface area contributed by atoms with Crippen molar-refractivity contribution in [3.05, 3.63) is 46.6 Å². The Bertz CT molecular complexity index is 728. The second-order valence-electron chi connectivity index (χ2n) is 5.39. The lowest BCUT2D eigenvalue weighted by molar-refractivity contribution is -0.386. The number of nitro groups is 1. The monoisotopic (exact) mass is 332 g/mol. The zero-order chi connectivity index (χ0) is 17.7.